The molecule has 1 aromatic rings. The summed E-state index contributed by atoms with van der Waals surface area (Å²) in [6.07, 6.45) is 0. The van der Waals surface area contributed by atoms with Gasteiger partial charge < -0.3 is 10.1 Å². The summed E-state index contributed by atoms with van der Waals surface area (Å²) in [5.41, 5.74) is 1.02. The predicted octanol–water partition coefficient (Wildman–Crippen LogP) is 3.63. The number of ether oxygens (including phenoxy) is 1. The quantitative estimate of drug-likeness (QED) is 0.840. The Kier molecular flexibility index (Phi) is 5.53. The Morgan fingerprint density at radius 1 is 1.33 bits per heavy atom. The normalized spacial score (nSPS) is 10.7. The van der Waals surface area contributed by atoms with Crippen LogP contribution in [0.1, 0.15) is 33.3 Å². The van der Waals surface area contributed by atoms with E-state index in [1.165, 1.54) is 0 Å². The van der Waals surface area contributed by atoms with Crippen LogP contribution in [0.5, 0.6) is 5.75 Å². The number of benzene rings is 1. The SMILES string of the molecule is CC#CCOc1cccc(Cl)c1CNC(C)(C)C. The molecule has 0 fully saturated rings. The molecule has 1 aromatic carbocycles. The molecule has 0 aromatic heterocycles. The van der Waals surface area contributed by atoms with Crippen molar-refractivity contribution in [3.63, 3.8) is 0 Å². The summed E-state index contributed by atoms with van der Waals surface area (Å²) >= 11 is 6.22. The molecule has 0 radical (unpaired) electrons. The first-order valence-corrected chi connectivity index (χ1v) is 6.36. The van der Waals surface area contributed by atoms with E-state index < -0.39 is 0 Å². The second-order valence-electron chi connectivity index (χ2n) is 5.04. The summed E-state index contributed by atoms with van der Waals surface area (Å²) < 4.78 is 5.63. The molecular formula is C15H20ClNO. The number of nitrogens with one attached hydrogen (secondary N) is 1. The zero-order valence-corrected chi connectivity index (χ0v) is 12.2. The van der Waals surface area contributed by atoms with Crippen LogP contribution in [0.3, 0.4) is 0 Å². The van der Waals surface area contributed by atoms with Crippen LogP contribution in [0.4, 0.5) is 0 Å². The summed E-state index contributed by atoms with van der Waals surface area (Å²) in [7, 11) is 0. The lowest BCUT2D eigenvalue weighted by Crippen LogP contribution is -2.35. The van der Waals surface area contributed by atoms with Crippen LogP contribution in [0.15, 0.2) is 18.2 Å². The molecule has 0 unspecified atom stereocenters. The fraction of sp³-hybridized carbons (Fsp3) is 0.467. The van der Waals surface area contributed by atoms with Crippen molar-refractivity contribution < 1.29 is 4.74 Å². The van der Waals surface area contributed by atoms with Crippen LogP contribution >= 0.6 is 11.6 Å². The fourth-order valence-corrected chi connectivity index (χ4v) is 1.62. The van der Waals surface area contributed by atoms with Gasteiger partial charge in [-0.05, 0) is 39.8 Å². The van der Waals surface area contributed by atoms with Crippen molar-refractivity contribution in [2.24, 2.45) is 0 Å². The highest BCUT2D eigenvalue weighted by molar-refractivity contribution is 6.31. The Hall–Kier alpha value is -1.17. The summed E-state index contributed by atoms with van der Waals surface area (Å²) in [5.74, 6) is 6.48. The van der Waals surface area contributed by atoms with Gasteiger partial charge in [0.15, 0.2) is 0 Å². The van der Waals surface area contributed by atoms with Crippen molar-refractivity contribution in [2.45, 2.75) is 39.8 Å². The van der Waals surface area contributed by atoms with E-state index in [4.69, 9.17) is 16.3 Å². The van der Waals surface area contributed by atoms with Crippen LogP contribution < -0.4 is 10.1 Å². The third-order valence-electron chi connectivity index (χ3n) is 2.35. The van der Waals surface area contributed by atoms with Gasteiger partial charge in [0.25, 0.3) is 0 Å². The molecule has 0 heterocycles. The number of hydrogen-bond acceptors (Lipinski definition) is 2. The third kappa shape index (κ3) is 5.00. The highest BCUT2D eigenvalue weighted by atomic mass is 35.5. The smallest absolute Gasteiger partial charge is 0.149 e. The molecule has 1 rings (SSSR count). The van der Waals surface area contributed by atoms with E-state index >= 15 is 0 Å². The molecule has 0 amide bonds. The second-order valence-corrected chi connectivity index (χ2v) is 5.44. The first-order chi connectivity index (χ1) is 8.44. The minimum absolute atomic E-state index is 0.0413. The molecule has 18 heavy (non-hydrogen) atoms. The maximum atomic E-state index is 6.22. The Labute approximate surface area is 115 Å². The van der Waals surface area contributed by atoms with Crippen LogP contribution in [0, 0.1) is 11.8 Å². The maximum absolute atomic E-state index is 6.22. The minimum Gasteiger partial charge on any atom is -0.481 e. The predicted molar refractivity (Wildman–Crippen MR) is 77.0 cm³/mol. The van der Waals surface area contributed by atoms with E-state index in [0.29, 0.717) is 18.2 Å². The molecule has 0 saturated carbocycles. The lowest BCUT2D eigenvalue weighted by atomic mass is 10.1. The number of halogens is 1. The lowest BCUT2D eigenvalue weighted by molar-refractivity contribution is 0.359. The summed E-state index contributed by atoms with van der Waals surface area (Å²) in [4.78, 5) is 0. The summed E-state index contributed by atoms with van der Waals surface area (Å²) in [5, 5.41) is 4.13. The van der Waals surface area contributed by atoms with Crippen molar-refractivity contribution in [1.82, 2.24) is 5.32 Å². The van der Waals surface area contributed by atoms with E-state index in [1.54, 1.807) is 6.92 Å². The van der Waals surface area contributed by atoms with Gasteiger partial charge in [-0.3, -0.25) is 0 Å². The standard InChI is InChI=1S/C15H20ClNO/c1-5-6-10-18-14-9-7-8-13(16)12(14)11-17-15(2,3)4/h7-9,17H,10-11H2,1-4H3. The largest absolute Gasteiger partial charge is 0.481 e. The number of hydrogen-bond donors (Lipinski definition) is 1. The van der Waals surface area contributed by atoms with Crippen LogP contribution in [0.25, 0.3) is 0 Å². The highest BCUT2D eigenvalue weighted by Gasteiger charge is 2.13. The molecule has 0 atom stereocenters. The van der Waals surface area contributed by atoms with Gasteiger partial charge in [-0.1, -0.05) is 23.6 Å². The number of rotatable bonds is 4. The van der Waals surface area contributed by atoms with Gasteiger partial charge in [0.2, 0.25) is 0 Å². The summed E-state index contributed by atoms with van der Waals surface area (Å²) in [6.45, 7) is 9.22. The van der Waals surface area contributed by atoms with E-state index in [0.717, 1.165) is 11.3 Å². The van der Waals surface area contributed by atoms with Gasteiger partial charge in [0, 0.05) is 22.7 Å². The summed E-state index contributed by atoms with van der Waals surface area (Å²) in [6, 6.07) is 5.68. The molecule has 2 nitrogen and oxygen atoms in total. The monoisotopic (exact) mass is 265 g/mol. The van der Waals surface area contributed by atoms with Crippen molar-refractivity contribution in [2.75, 3.05) is 6.61 Å². The Bertz CT molecular complexity index is 452. The topological polar surface area (TPSA) is 21.3 Å². The van der Waals surface area contributed by atoms with Gasteiger partial charge in [0.05, 0.1) is 0 Å². The fourth-order valence-electron chi connectivity index (χ4n) is 1.39. The third-order valence-corrected chi connectivity index (χ3v) is 2.70. The molecule has 1 N–H and O–H groups in total. The van der Waals surface area contributed by atoms with E-state index in [1.807, 2.05) is 18.2 Å². The first kappa shape index (κ1) is 14.9. The van der Waals surface area contributed by atoms with E-state index in [9.17, 15) is 0 Å². The Morgan fingerprint density at radius 2 is 2.06 bits per heavy atom. The maximum Gasteiger partial charge on any atom is 0.149 e. The second kappa shape index (κ2) is 6.68. The zero-order chi connectivity index (χ0) is 13.6. The van der Waals surface area contributed by atoms with E-state index in [-0.39, 0.29) is 5.54 Å². The molecule has 3 heteroatoms. The van der Waals surface area contributed by atoms with Gasteiger partial charge in [-0.15, -0.1) is 5.92 Å². The molecule has 0 saturated heterocycles. The van der Waals surface area contributed by atoms with Crippen LogP contribution in [-0.2, 0) is 6.54 Å². The molecule has 0 spiro atoms. The lowest BCUT2D eigenvalue weighted by Gasteiger charge is -2.22. The molecular weight excluding hydrogens is 246 g/mol. The molecule has 0 aliphatic rings. The van der Waals surface area contributed by atoms with Crippen molar-refractivity contribution >= 4 is 11.6 Å². The van der Waals surface area contributed by atoms with Crippen molar-refractivity contribution in [1.29, 1.82) is 0 Å². The van der Waals surface area contributed by atoms with Crippen LogP contribution in [-0.4, -0.2) is 12.1 Å². The average Bonchev–Trinajstić information content (AvgIpc) is 2.27. The average molecular weight is 266 g/mol. The van der Waals surface area contributed by atoms with Gasteiger partial charge >= 0.3 is 0 Å². The highest BCUT2D eigenvalue weighted by Crippen LogP contribution is 2.26. The molecule has 0 aliphatic carbocycles. The molecule has 0 bridgehead atoms. The van der Waals surface area contributed by atoms with Crippen LogP contribution in [0.2, 0.25) is 5.02 Å². The molecule has 98 valence electrons. The van der Waals surface area contributed by atoms with Crippen molar-refractivity contribution in [3.05, 3.63) is 28.8 Å². The zero-order valence-electron chi connectivity index (χ0n) is 11.4. The van der Waals surface area contributed by atoms with E-state index in [2.05, 4.69) is 37.9 Å². The van der Waals surface area contributed by atoms with Gasteiger partial charge in [-0.2, -0.15) is 0 Å². The first-order valence-electron chi connectivity index (χ1n) is 5.99. The minimum atomic E-state index is 0.0413. The molecule has 0 aliphatic heterocycles. The van der Waals surface area contributed by atoms with Gasteiger partial charge in [-0.25, -0.2) is 0 Å². The van der Waals surface area contributed by atoms with Gasteiger partial charge in [0.1, 0.15) is 12.4 Å². The Morgan fingerprint density at radius 3 is 2.67 bits per heavy atom. The Balaban J connectivity index is 2.82. The van der Waals surface area contributed by atoms with Crippen molar-refractivity contribution in [3.8, 4) is 17.6 Å².